The summed E-state index contributed by atoms with van der Waals surface area (Å²) in [5, 5.41) is 0. The van der Waals surface area contributed by atoms with E-state index in [-0.39, 0.29) is 0 Å². The molecule has 100 valence electrons. The van der Waals surface area contributed by atoms with Gasteiger partial charge >= 0.3 is 0 Å². The molecule has 0 aromatic carbocycles. The first-order valence-corrected chi connectivity index (χ1v) is 7.18. The van der Waals surface area contributed by atoms with Gasteiger partial charge in [-0.25, -0.2) is 0 Å². The van der Waals surface area contributed by atoms with Gasteiger partial charge in [0.1, 0.15) is 0 Å². The molecule has 0 aromatic rings. The average molecular weight is 237 g/mol. The van der Waals surface area contributed by atoms with Crippen LogP contribution >= 0.6 is 0 Å². The molecule has 0 aliphatic heterocycles. The predicted molar refractivity (Wildman–Crippen MR) is 77.8 cm³/mol. The first kappa shape index (κ1) is 14.7. The highest BCUT2D eigenvalue weighted by Crippen LogP contribution is 2.53. The van der Waals surface area contributed by atoms with E-state index in [0.29, 0.717) is 16.2 Å². The lowest BCUT2D eigenvalue weighted by Crippen LogP contribution is -2.28. The third kappa shape index (κ3) is 3.11. The van der Waals surface area contributed by atoms with Crippen LogP contribution in [0.2, 0.25) is 0 Å². The second kappa shape index (κ2) is 4.74. The molecule has 0 N–H and O–H groups in total. The molecule has 1 fully saturated rings. The van der Waals surface area contributed by atoms with E-state index in [1.807, 2.05) is 0 Å². The van der Waals surface area contributed by atoms with Crippen molar-refractivity contribution in [3.8, 4) is 0 Å². The summed E-state index contributed by atoms with van der Waals surface area (Å²) >= 11 is 0. The minimum Gasteiger partial charge on any atom is -0.294 e. The van der Waals surface area contributed by atoms with Gasteiger partial charge in [-0.2, -0.15) is 0 Å². The van der Waals surface area contributed by atoms with E-state index in [4.69, 9.17) is 4.99 Å². The van der Waals surface area contributed by atoms with Crippen LogP contribution in [0.1, 0.15) is 74.1 Å². The van der Waals surface area contributed by atoms with E-state index in [2.05, 4.69) is 48.5 Å². The molecule has 1 aliphatic carbocycles. The number of aliphatic imine (C=N–C) groups is 1. The SMILES string of the molecule is CCC(C)(C)CN=C1CC(C)(C)C(C)(CC)C1. The zero-order valence-electron chi connectivity index (χ0n) is 13.0. The summed E-state index contributed by atoms with van der Waals surface area (Å²) in [5.41, 5.74) is 2.68. The minimum atomic E-state index is 0.363. The Hall–Kier alpha value is -0.330. The van der Waals surface area contributed by atoms with Gasteiger partial charge in [-0.15, -0.1) is 0 Å². The quantitative estimate of drug-likeness (QED) is 0.645. The average Bonchev–Trinajstić information content (AvgIpc) is 2.48. The van der Waals surface area contributed by atoms with Gasteiger partial charge in [0.15, 0.2) is 0 Å². The zero-order valence-corrected chi connectivity index (χ0v) is 13.0. The molecule has 1 atom stereocenters. The normalized spacial score (nSPS) is 31.1. The van der Waals surface area contributed by atoms with Crippen LogP contribution < -0.4 is 0 Å². The van der Waals surface area contributed by atoms with Crippen LogP contribution in [0.4, 0.5) is 0 Å². The monoisotopic (exact) mass is 237 g/mol. The lowest BCUT2D eigenvalue weighted by Gasteiger charge is -2.36. The van der Waals surface area contributed by atoms with Crippen LogP contribution in [0, 0.1) is 16.2 Å². The van der Waals surface area contributed by atoms with Gasteiger partial charge in [0.05, 0.1) is 0 Å². The summed E-state index contributed by atoms with van der Waals surface area (Å²) in [6.45, 7) is 17.4. The van der Waals surface area contributed by atoms with Crippen molar-refractivity contribution in [1.29, 1.82) is 0 Å². The van der Waals surface area contributed by atoms with Crippen LogP contribution in [0.3, 0.4) is 0 Å². The van der Waals surface area contributed by atoms with Crippen molar-refractivity contribution < 1.29 is 0 Å². The smallest absolute Gasteiger partial charge is 0.0439 e. The fourth-order valence-corrected chi connectivity index (χ4v) is 2.63. The highest BCUT2D eigenvalue weighted by atomic mass is 14.8. The summed E-state index contributed by atoms with van der Waals surface area (Å²) in [6, 6.07) is 0. The molecule has 1 unspecified atom stereocenters. The van der Waals surface area contributed by atoms with E-state index in [1.165, 1.54) is 31.4 Å². The van der Waals surface area contributed by atoms with Crippen LogP contribution in [0.25, 0.3) is 0 Å². The molecule has 1 heteroatoms. The number of hydrogen-bond donors (Lipinski definition) is 0. The maximum absolute atomic E-state index is 4.92. The fourth-order valence-electron chi connectivity index (χ4n) is 2.63. The molecular formula is C16H31N. The predicted octanol–water partition coefficient (Wildman–Crippen LogP) is 5.10. The summed E-state index contributed by atoms with van der Waals surface area (Å²) in [7, 11) is 0. The van der Waals surface area contributed by atoms with E-state index in [9.17, 15) is 0 Å². The molecule has 0 radical (unpaired) electrons. The Morgan fingerprint density at radius 2 is 1.71 bits per heavy atom. The Kier molecular flexibility index (Phi) is 4.11. The van der Waals surface area contributed by atoms with Crippen molar-refractivity contribution in [2.75, 3.05) is 6.54 Å². The third-order valence-corrected chi connectivity index (χ3v) is 5.34. The van der Waals surface area contributed by atoms with Crippen molar-refractivity contribution in [2.45, 2.75) is 74.1 Å². The van der Waals surface area contributed by atoms with Crippen LogP contribution in [-0.4, -0.2) is 12.3 Å². The molecule has 0 spiro atoms. The zero-order chi connectivity index (χ0) is 13.3. The van der Waals surface area contributed by atoms with E-state index >= 15 is 0 Å². The highest BCUT2D eigenvalue weighted by molar-refractivity contribution is 5.88. The molecule has 1 nitrogen and oxygen atoms in total. The van der Waals surface area contributed by atoms with E-state index in [1.54, 1.807) is 0 Å². The minimum absolute atomic E-state index is 0.363. The summed E-state index contributed by atoms with van der Waals surface area (Å²) in [4.78, 5) is 4.92. The Balaban J connectivity index is 2.75. The molecular weight excluding hydrogens is 206 g/mol. The van der Waals surface area contributed by atoms with Crippen molar-refractivity contribution >= 4 is 5.71 Å². The molecule has 0 heterocycles. The van der Waals surface area contributed by atoms with Crippen molar-refractivity contribution in [1.82, 2.24) is 0 Å². The molecule has 0 bridgehead atoms. The Morgan fingerprint density at radius 3 is 2.12 bits per heavy atom. The van der Waals surface area contributed by atoms with Crippen LogP contribution in [-0.2, 0) is 0 Å². The maximum Gasteiger partial charge on any atom is 0.0439 e. The van der Waals surface area contributed by atoms with Gasteiger partial charge in [0.2, 0.25) is 0 Å². The molecule has 0 aromatic heterocycles. The second-order valence-corrected chi connectivity index (χ2v) is 7.55. The summed E-state index contributed by atoms with van der Waals surface area (Å²) in [6.07, 6.45) is 4.86. The Bertz CT molecular complexity index is 299. The topological polar surface area (TPSA) is 12.4 Å². The first-order chi connectivity index (χ1) is 7.66. The maximum atomic E-state index is 4.92. The summed E-state index contributed by atoms with van der Waals surface area (Å²) in [5.74, 6) is 0. The fraction of sp³-hybridized carbons (Fsp3) is 0.938. The van der Waals surface area contributed by atoms with Crippen molar-refractivity contribution in [2.24, 2.45) is 21.2 Å². The van der Waals surface area contributed by atoms with Crippen LogP contribution in [0.15, 0.2) is 4.99 Å². The Morgan fingerprint density at radius 1 is 1.12 bits per heavy atom. The van der Waals surface area contributed by atoms with Gasteiger partial charge in [0, 0.05) is 12.3 Å². The van der Waals surface area contributed by atoms with Gasteiger partial charge in [0.25, 0.3) is 0 Å². The molecule has 1 rings (SSSR count). The van der Waals surface area contributed by atoms with E-state index < -0.39 is 0 Å². The third-order valence-electron chi connectivity index (χ3n) is 5.34. The van der Waals surface area contributed by atoms with Gasteiger partial charge in [-0.3, -0.25) is 4.99 Å². The summed E-state index contributed by atoms with van der Waals surface area (Å²) < 4.78 is 0. The lowest BCUT2D eigenvalue weighted by molar-refractivity contribution is 0.126. The van der Waals surface area contributed by atoms with Gasteiger partial charge in [-0.05, 0) is 41.9 Å². The highest BCUT2D eigenvalue weighted by Gasteiger charge is 2.46. The largest absolute Gasteiger partial charge is 0.294 e. The number of nitrogens with zero attached hydrogens (tertiary/aromatic N) is 1. The molecule has 0 amide bonds. The van der Waals surface area contributed by atoms with Crippen LogP contribution in [0.5, 0.6) is 0 Å². The number of rotatable bonds is 4. The first-order valence-electron chi connectivity index (χ1n) is 7.18. The molecule has 1 aliphatic rings. The van der Waals surface area contributed by atoms with Crippen molar-refractivity contribution in [3.63, 3.8) is 0 Å². The molecule has 1 saturated carbocycles. The Labute approximate surface area is 108 Å². The van der Waals surface area contributed by atoms with E-state index in [0.717, 1.165) is 6.54 Å². The number of hydrogen-bond acceptors (Lipinski definition) is 1. The lowest BCUT2D eigenvalue weighted by atomic mass is 9.68. The molecule has 0 saturated heterocycles. The van der Waals surface area contributed by atoms with Gasteiger partial charge in [-0.1, -0.05) is 48.5 Å². The van der Waals surface area contributed by atoms with Crippen molar-refractivity contribution in [3.05, 3.63) is 0 Å². The van der Waals surface area contributed by atoms with Gasteiger partial charge < -0.3 is 0 Å². The second-order valence-electron chi connectivity index (χ2n) is 7.55. The molecule has 17 heavy (non-hydrogen) atoms. The standard InChI is InChI=1S/C16H31N/c1-8-14(3,4)12-17-13-10-15(5,6)16(7,9-2)11-13/h8-12H2,1-7H3.